The van der Waals surface area contributed by atoms with E-state index in [1.54, 1.807) is 0 Å². The number of nitrogens with zero attached hydrogens (tertiary/aromatic N) is 2. The number of ether oxygens (including phenoxy) is 1. The highest BCUT2D eigenvalue weighted by molar-refractivity contribution is 7.12. The van der Waals surface area contributed by atoms with Gasteiger partial charge in [0, 0.05) is 6.20 Å². The fourth-order valence-electron chi connectivity index (χ4n) is 2.00. The lowest BCUT2D eigenvalue weighted by Gasteiger charge is -2.07. The lowest BCUT2D eigenvalue weighted by Crippen LogP contribution is -2.03. The van der Waals surface area contributed by atoms with E-state index in [2.05, 4.69) is 20.3 Å². The Hall–Kier alpha value is -2.41. The van der Waals surface area contributed by atoms with E-state index < -0.39 is 0 Å². The highest BCUT2D eigenvalue weighted by atomic mass is 32.1. The summed E-state index contributed by atoms with van der Waals surface area (Å²) >= 11 is 1.32. The zero-order valence-electron chi connectivity index (χ0n) is 10.9. The van der Waals surface area contributed by atoms with Crippen LogP contribution in [-0.4, -0.2) is 28.0 Å². The first-order valence-corrected chi connectivity index (χ1v) is 6.80. The van der Waals surface area contributed by atoms with Crippen molar-refractivity contribution in [2.75, 3.05) is 12.4 Å². The molecule has 102 valence electrons. The van der Waals surface area contributed by atoms with Gasteiger partial charge in [0.1, 0.15) is 22.7 Å². The van der Waals surface area contributed by atoms with Gasteiger partial charge in [0.2, 0.25) is 0 Å². The van der Waals surface area contributed by atoms with Gasteiger partial charge in [-0.25, -0.2) is 14.8 Å². The van der Waals surface area contributed by atoms with E-state index in [1.165, 1.54) is 24.8 Å². The third-order valence-corrected chi connectivity index (χ3v) is 3.85. The van der Waals surface area contributed by atoms with Crippen molar-refractivity contribution in [3.8, 4) is 0 Å². The van der Waals surface area contributed by atoms with Gasteiger partial charge in [-0.1, -0.05) is 0 Å². The van der Waals surface area contributed by atoms with E-state index in [-0.39, 0.29) is 5.97 Å². The van der Waals surface area contributed by atoms with Gasteiger partial charge >= 0.3 is 5.97 Å². The number of aryl methyl sites for hydroxylation is 1. The minimum atomic E-state index is -0.362. The smallest absolute Gasteiger partial charge is 0.350 e. The fourth-order valence-corrected chi connectivity index (χ4v) is 2.76. The summed E-state index contributed by atoms with van der Waals surface area (Å²) in [7, 11) is 1.37. The molecule has 0 spiro atoms. The van der Waals surface area contributed by atoms with Crippen molar-refractivity contribution in [2.24, 2.45) is 0 Å². The van der Waals surface area contributed by atoms with Crippen LogP contribution in [0.5, 0.6) is 0 Å². The number of rotatable bonds is 3. The Labute approximate surface area is 118 Å². The summed E-state index contributed by atoms with van der Waals surface area (Å²) in [6.07, 6.45) is 3.35. The predicted molar refractivity (Wildman–Crippen MR) is 77.6 cm³/mol. The third-order valence-electron chi connectivity index (χ3n) is 2.96. The largest absolute Gasteiger partial charge is 0.465 e. The van der Waals surface area contributed by atoms with Crippen LogP contribution in [0, 0.1) is 6.92 Å². The number of nitrogens with one attached hydrogen (secondary N) is 2. The zero-order chi connectivity index (χ0) is 14.1. The molecule has 0 aromatic carbocycles. The van der Waals surface area contributed by atoms with Crippen LogP contribution in [0.2, 0.25) is 0 Å². The molecule has 0 fully saturated rings. The number of anilines is 2. The molecule has 3 aromatic rings. The molecule has 6 nitrogen and oxygen atoms in total. The van der Waals surface area contributed by atoms with Crippen LogP contribution in [0.25, 0.3) is 11.0 Å². The standard InChI is InChI=1S/C13H12N4O2S/c1-7-5-14-11-9(7)12(16-6-15-11)17-8-3-4-20-10(8)13(18)19-2/h3-6H,1-2H3,(H2,14,15,16,17). The first kappa shape index (κ1) is 12.6. The van der Waals surface area contributed by atoms with E-state index in [4.69, 9.17) is 4.74 Å². The minimum absolute atomic E-state index is 0.362. The van der Waals surface area contributed by atoms with Gasteiger partial charge in [-0.05, 0) is 23.9 Å². The molecule has 3 heterocycles. The van der Waals surface area contributed by atoms with Gasteiger partial charge in [-0.3, -0.25) is 0 Å². The molecule has 3 aromatic heterocycles. The Morgan fingerprint density at radius 1 is 1.45 bits per heavy atom. The predicted octanol–water partition coefficient (Wildman–Crippen LogP) is 2.86. The molecule has 2 N–H and O–H groups in total. The maximum atomic E-state index is 11.7. The molecule has 0 saturated heterocycles. The lowest BCUT2D eigenvalue weighted by atomic mass is 10.2. The van der Waals surface area contributed by atoms with Crippen molar-refractivity contribution in [3.63, 3.8) is 0 Å². The van der Waals surface area contributed by atoms with Crippen LogP contribution in [0.3, 0.4) is 0 Å². The van der Waals surface area contributed by atoms with Gasteiger partial charge in [-0.15, -0.1) is 11.3 Å². The Bertz CT molecular complexity index is 778. The number of methoxy groups -OCH3 is 1. The van der Waals surface area contributed by atoms with Crippen molar-refractivity contribution in [3.05, 3.63) is 34.4 Å². The maximum Gasteiger partial charge on any atom is 0.350 e. The van der Waals surface area contributed by atoms with E-state index in [1.807, 2.05) is 24.6 Å². The lowest BCUT2D eigenvalue weighted by molar-refractivity contribution is 0.0607. The van der Waals surface area contributed by atoms with Crippen LogP contribution in [-0.2, 0) is 4.74 Å². The molecule has 3 rings (SSSR count). The summed E-state index contributed by atoms with van der Waals surface area (Å²) in [5, 5.41) is 5.92. The Morgan fingerprint density at radius 2 is 2.30 bits per heavy atom. The number of hydrogen-bond donors (Lipinski definition) is 2. The molecular weight excluding hydrogens is 276 g/mol. The summed E-state index contributed by atoms with van der Waals surface area (Å²) in [6.45, 7) is 1.97. The summed E-state index contributed by atoms with van der Waals surface area (Å²) in [5.41, 5.74) is 2.48. The highest BCUT2D eigenvalue weighted by Crippen LogP contribution is 2.29. The SMILES string of the molecule is COC(=O)c1sccc1Nc1ncnc2[nH]cc(C)c12. The van der Waals surface area contributed by atoms with E-state index in [0.29, 0.717) is 16.4 Å². The Kier molecular flexibility index (Phi) is 3.11. The maximum absolute atomic E-state index is 11.7. The van der Waals surface area contributed by atoms with Crippen molar-refractivity contribution >= 4 is 39.8 Å². The number of hydrogen-bond acceptors (Lipinski definition) is 6. The van der Waals surface area contributed by atoms with Crippen molar-refractivity contribution in [2.45, 2.75) is 6.92 Å². The van der Waals surface area contributed by atoms with Crippen molar-refractivity contribution < 1.29 is 9.53 Å². The van der Waals surface area contributed by atoms with Gasteiger partial charge in [0.05, 0.1) is 18.2 Å². The number of aromatic amines is 1. The zero-order valence-corrected chi connectivity index (χ0v) is 11.7. The number of thiophene rings is 1. The molecule has 0 bridgehead atoms. The number of H-pyrrole nitrogens is 1. The molecule has 7 heteroatoms. The molecule has 0 aliphatic rings. The number of carbonyl (C=O) groups excluding carboxylic acids is 1. The number of carbonyl (C=O) groups is 1. The van der Waals surface area contributed by atoms with E-state index >= 15 is 0 Å². The number of aromatic nitrogens is 3. The second-order valence-electron chi connectivity index (χ2n) is 4.20. The first-order chi connectivity index (χ1) is 9.70. The molecule has 0 saturated carbocycles. The van der Waals surface area contributed by atoms with E-state index in [9.17, 15) is 4.79 Å². The van der Waals surface area contributed by atoms with Gasteiger partial charge in [0.25, 0.3) is 0 Å². The van der Waals surface area contributed by atoms with E-state index in [0.717, 1.165) is 16.6 Å². The monoisotopic (exact) mass is 288 g/mol. The minimum Gasteiger partial charge on any atom is -0.465 e. The summed E-state index contributed by atoms with van der Waals surface area (Å²) in [4.78, 5) is 23.7. The van der Waals surface area contributed by atoms with Crippen LogP contribution >= 0.6 is 11.3 Å². The third kappa shape index (κ3) is 2.01. The molecule has 0 amide bonds. The highest BCUT2D eigenvalue weighted by Gasteiger charge is 2.16. The normalized spacial score (nSPS) is 10.7. The Morgan fingerprint density at radius 3 is 3.10 bits per heavy atom. The first-order valence-electron chi connectivity index (χ1n) is 5.92. The molecule has 0 aliphatic heterocycles. The van der Waals surface area contributed by atoms with Crippen LogP contribution in [0.4, 0.5) is 11.5 Å². The average molecular weight is 288 g/mol. The van der Waals surface area contributed by atoms with Crippen LogP contribution in [0.1, 0.15) is 15.2 Å². The van der Waals surface area contributed by atoms with Gasteiger partial charge in [0.15, 0.2) is 0 Å². The summed E-state index contributed by atoms with van der Waals surface area (Å²) in [5.74, 6) is 0.302. The van der Waals surface area contributed by atoms with Gasteiger partial charge < -0.3 is 15.0 Å². The van der Waals surface area contributed by atoms with Gasteiger partial charge in [-0.2, -0.15) is 0 Å². The quantitative estimate of drug-likeness (QED) is 0.724. The molecule has 0 unspecified atom stereocenters. The number of fused-ring (bicyclic) bond motifs is 1. The molecule has 0 aliphatic carbocycles. The fraction of sp³-hybridized carbons (Fsp3) is 0.154. The number of esters is 1. The molecule has 0 atom stereocenters. The molecular formula is C13H12N4O2S. The average Bonchev–Trinajstić information content (AvgIpc) is 3.06. The second-order valence-corrected chi connectivity index (χ2v) is 5.11. The summed E-state index contributed by atoms with van der Waals surface area (Å²) in [6, 6.07) is 1.83. The van der Waals surface area contributed by atoms with Crippen molar-refractivity contribution in [1.82, 2.24) is 15.0 Å². The van der Waals surface area contributed by atoms with Crippen LogP contribution < -0.4 is 5.32 Å². The molecule has 20 heavy (non-hydrogen) atoms. The Balaban J connectivity index is 2.04. The topological polar surface area (TPSA) is 79.9 Å². The summed E-state index contributed by atoms with van der Waals surface area (Å²) < 4.78 is 4.76. The molecule has 0 radical (unpaired) electrons. The van der Waals surface area contributed by atoms with Crippen molar-refractivity contribution in [1.29, 1.82) is 0 Å². The second kappa shape index (κ2) is 4.93. The van der Waals surface area contributed by atoms with Crippen LogP contribution in [0.15, 0.2) is 24.0 Å².